The first-order valence-electron chi connectivity index (χ1n) is 10.7. The molecule has 0 atom stereocenters. The molecule has 0 amide bonds. The second-order valence-corrected chi connectivity index (χ2v) is 9.96. The smallest absolute Gasteiger partial charge is 0.191 e. The number of guanidine groups is 1. The minimum Gasteiger partial charge on any atom is -0.355 e. The first-order chi connectivity index (χ1) is 13.3. The lowest BCUT2D eigenvalue weighted by molar-refractivity contribution is 0.150. The standard InChI is InChI=1S/C22H34N4S.HI/c1-23-21(24-17-22(13-14-22)27-20-9-3-2-4-10-20)25-18-11-15-26(16-12-18)19-7-5-6-8-19;/h2-4,9-10,18-19H,5-8,11-17H2,1H3,(H2,23,24,25);1H. The first kappa shape index (κ1) is 22.2. The Balaban J connectivity index is 0.00000225. The second-order valence-electron chi connectivity index (χ2n) is 8.42. The van der Waals surface area contributed by atoms with Crippen molar-refractivity contribution in [3.8, 4) is 0 Å². The molecule has 0 unspecified atom stereocenters. The number of likely N-dealkylation sites (tertiary alicyclic amines) is 1. The third-order valence-electron chi connectivity index (χ3n) is 6.40. The molecule has 0 aromatic heterocycles. The number of halogens is 1. The maximum Gasteiger partial charge on any atom is 0.191 e. The summed E-state index contributed by atoms with van der Waals surface area (Å²) in [5.74, 6) is 0.981. The van der Waals surface area contributed by atoms with Gasteiger partial charge in [0.25, 0.3) is 0 Å². The van der Waals surface area contributed by atoms with Crippen molar-refractivity contribution in [1.82, 2.24) is 15.5 Å². The summed E-state index contributed by atoms with van der Waals surface area (Å²) < 4.78 is 0.352. The molecule has 1 saturated heterocycles. The van der Waals surface area contributed by atoms with Crippen molar-refractivity contribution in [2.24, 2.45) is 4.99 Å². The average molecular weight is 515 g/mol. The highest BCUT2D eigenvalue weighted by Crippen LogP contribution is 2.51. The van der Waals surface area contributed by atoms with E-state index in [9.17, 15) is 0 Å². The number of piperidine rings is 1. The van der Waals surface area contributed by atoms with Crippen molar-refractivity contribution in [1.29, 1.82) is 0 Å². The van der Waals surface area contributed by atoms with E-state index in [1.807, 2.05) is 18.8 Å². The van der Waals surface area contributed by atoms with E-state index < -0.39 is 0 Å². The van der Waals surface area contributed by atoms with Crippen molar-refractivity contribution in [3.63, 3.8) is 0 Å². The summed E-state index contributed by atoms with van der Waals surface area (Å²) in [6.07, 6.45) is 10.8. The predicted octanol–water partition coefficient (Wildman–Crippen LogP) is 4.50. The van der Waals surface area contributed by atoms with Crippen molar-refractivity contribution >= 4 is 41.7 Å². The maximum absolute atomic E-state index is 4.49. The minimum absolute atomic E-state index is 0. The second kappa shape index (κ2) is 10.5. The zero-order valence-corrected chi connectivity index (χ0v) is 20.2. The van der Waals surface area contributed by atoms with Gasteiger partial charge in [-0.1, -0.05) is 31.0 Å². The van der Waals surface area contributed by atoms with Crippen LogP contribution in [0.15, 0.2) is 40.2 Å². The van der Waals surface area contributed by atoms with Gasteiger partial charge in [-0.3, -0.25) is 4.99 Å². The molecule has 2 N–H and O–H groups in total. The third kappa shape index (κ3) is 6.02. The SMILES string of the molecule is CN=C(NCC1(Sc2ccccc2)CC1)NC1CCN(C2CCCC2)CC1.I. The van der Waals surface area contributed by atoms with E-state index in [0.717, 1.165) is 18.5 Å². The summed E-state index contributed by atoms with van der Waals surface area (Å²) in [6, 6.07) is 12.2. The molecule has 4 rings (SSSR count). The van der Waals surface area contributed by atoms with Crippen LogP contribution in [-0.4, -0.2) is 54.4 Å². The molecule has 1 aliphatic heterocycles. The molecule has 0 radical (unpaired) electrons. The van der Waals surface area contributed by atoms with Gasteiger partial charge in [0.15, 0.2) is 5.96 Å². The van der Waals surface area contributed by atoms with Gasteiger partial charge in [0.1, 0.15) is 0 Å². The molecule has 0 spiro atoms. The highest BCUT2D eigenvalue weighted by Gasteiger charge is 2.43. The molecule has 1 heterocycles. The topological polar surface area (TPSA) is 39.7 Å². The van der Waals surface area contributed by atoms with Crippen LogP contribution >= 0.6 is 35.7 Å². The maximum atomic E-state index is 4.49. The van der Waals surface area contributed by atoms with Crippen molar-refractivity contribution in [2.75, 3.05) is 26.7 Å². The molecule has 28 heavy (non-hydrogen) atoms. The Morgan fingerprint density at radius 1 is 1.11 bits per heavy atom. The summed E-state index contributed by atoms with van der Waals surface area (Å²) in [4.78, 5) is 8.60. The van der Waals surface area contributed by atoms with Gasteiger partial charge in [-0.2, -0.15) is 0 Å². The van der Waals surface area contributed by atoms with Gasteiger partial charge >= 0.3 is 0 Å². The van der Waals surface area contributed by atoms with Gasteiger partial charge in [-0.15, -0.1) is 35.7 Å². The van der Waals surface area contributed by atoms with Crippen LogP contribution in [0.2, 0.25) is 0 Å². The molecule has 2 aliphatic carbocycles. The Kier molecular flexibility index (Phi) is 8.35. The summed E-state index contributed by atoms with van der Waals surface area (Å²) in [5.41, 5.74) is 0. The van der Waals surface area contributed by atoms with E-state index in [0.29, 0.717) is 10.8 Å². The summed E-state index contributed by atoms with van der Waals surface area (Å²) in [5, 5.41) is 7.29. The average Bonchev–Trinajstić information content (AvgIpc) is 3.25. The highest BCUT2D eigenvalue weighted by atomic mass is 127. The number of aliphatic imine (C=N–C) groups is 1. The van der Waals surface area contributed by atoms with Crippen LogP contribution in [0, 0.1) is 0 Å². The highest BCUT2D eigenvalue weighted by molar-refractivity contribution is 14.0. The number of nitrogens with one attached hydrogen (secondary N) is 2. The van der Waals surface area contributed by atoms with Gasteiger partial charge in [0, 0.05) is 48.4 Å². The lowest BCUT2D eigenvalue weighted by Gasteiger charge is -2.36. The Hall–Kier alpha value is -0.470. The van der Waals surface area contributed by atoms with E-state index in [-0.39, 0.29) is 24.0 Å². The molecule has 0 bridgehead atoms. The number of hydrogen-bond acceptors (Lipinski definition) is 3. The van der Waals surface area contributed by atoms with Crippen molar-refractivity contribution in [3.05, 3.63) is 30.3 Å². The summed E-state index contributed by atoms with van der Waals surface area (Å²) in [6.45, 7) is 3.48. The van der Waals surface area contributed by atoms with Crippen LogP contribution < -0.4 is 10.6 Å². The zero-order chi connectivity index (χ0) is 18.5. The van der Waals surface area contributed by atoms with Gasteiger partial charge in [-0.25, -0.2) is 0 Å². The molecular formula is C22H35IN4S. The van der Waals surface area contributed by atoms with Crippen LogP contribution in [-0.2, 0) is 0 Å². The Morgan fingerprint density at radius 2 is 1.79 bits per heavy atom. The number of nitrogens with zero attached hydrogens (tertiary/aromatic N) is 2. The van der Waals surface area contributed by atoms with E-state index in [1.165, 1.54) is 69.4 Å². The molecular weight excluding hydrogens is 479 g/mol. The van der Waals surface area contributed by atoms with E-state index in [1.54, 1.807) is 0 Å². The minimum atomic E-state index is 0. The lowest BCUT2D eigenvalue weighted by atomic mass is 10.0. The van der Waals surface area contributed by atoms with Gasteiger partial charge in [0.2, 0.25) is 0 Å². The lowest BCUT2D eigenvalue weighted by Crippen LogP contribution is -2.51. The molecule has 4 nitrogen and oxygen atoms in total. The van der Waals surface area contributed by atoms with Crippen LogP contribution in [0.1, 0.15) is 51.4 Å². The summed E-state index contributed by atoms with van der Waals surface area (Å²) >= 11 is 2.02. The Labute approximate surface area is 191 Å². The van der Waals surface area contributed by atoms with Crippen LogP contribution in [0.25, 0.3) is 0 Å². The molecule has 6 heteroatoms. The molecule has 3 aliphatic rings. The van der Waals surface area contributed by atoms with Gasteiger partial charge in [-0.05, 0) is 50.7 Å². The van der Waals surface area contributed by atoms with Gasteiger partial charge < -0.3 is 15.5 Å². The molecule has 156 valence electrons. The normalized spacial score (nSPS) is 23.2. The number of thioether (sulfide) groups is 1. The zero-order valence-electron chi connectivity index (χ0n) is 17.0. The van der Waals surface area contributed by atoms with Crippen LogP contribution in [0.5, 0.6) is 0 Å². The number of rotatable bonds is 6. The number of benzene rings is 1. The molecule has 2 saturated carbocycles. The third-order valence-corrected chi connectivity index (χ3v) is 7.89. The fourth-order valence-electron chi connectivity index (χ4n) is 4.50. The van der Waals surface area contributed by atoms with Crippen molar-refractivity contribution in [2.45, 2.75) is 73.1 Å². The van der Waals surface area contributed by atoms with E-state index >= 15 is 0 Å². The van der Waals surface area contributed by atoms with E-state index in [4.69, 9.17) is 0 Å². The monoisotopic (exact) mass is 514 g/mol. The van der Waals surface area contributed by atoms with Gasteiger partial charge in [0.05, 0.1) is 0 Å². The number of hydrogen-bond donors (Lipinski definition) is 2. The first-order valence-corrected chi connectivity index (χ1v) is 11.5. The Bertz CT molecular complexity index is 621. The van der Waals surface area contributed by atoms with Crippen LogP contribution in [0.3, 0.4) is 0 Å². The fraction of sp³-hybridized carbons (Fsp3) is 0.682. The van der Waals surface area contributed by atoms with E-state index in [2.05, 4.69) is 50.9 Å². The fourth-order valence-corrected chi connectivity index (χ4v) is 5.75. The molecule has 1 aromatic rings. The molecule has 1 aromatic carbocycles. The largest absolute Gasteiger partial charge is 0.355 e. The summed E-state index contributed by atoms with van der Waals surface area (Å²) in [7, 11) is 1.90. The van der Waals surface area contributed by atoms with Crippen LogP contribution in [0.4, 0.5) is 0 Å². The molecule has 3 fully saturated rings. The Morgan fingerprint density at radius 3 is 2.39 bits per heavy atom. The van der Waals surface area contributed by atoms with Crippen molar-refractivity contribution < 1.29 is 0 Å². The quantitative estimate of drug-likeness (QED) is 0.333. The predicted molar refractivity (Wildman–Crippen MR) is 131 cm³/mol.